The average molecular weight is 158 g/mol. The van der Waals surface area contributed by atoms with Gasteiger partial charge < -0.3 is 5.73 Å². The van der Waals surface area contributed by atoms with Gasteiger partial charge in [0, 0.05) is 10.6 Å². The number of carbonyl (C=O) groups excluding carboxylic acids is 1. The number of rotatable bonds is 1. The zero-order chi connectivity index (χ0) is 7.56. The molecule has 0 saturated heterocycles. The third-order valence-electron chi connectivity index (χ3n) is 1.42. The highest BCUT2D eigenvalue weighted by atomic mass is 35.5. The van der Waals surface area contributed by atoms with Crippen molar-refractivity contribution in [1.82, 2.24) is 0 Å². The molecule has 0 aliphatic heterocycles. The fourth-order valence-electron chi connectivity index (χ4n) is 0.817. The highest BCUT2D eigenvalue weighted by Crippen LogP contribution is 2.20. The lowest BCUT2D eigenvalue weighted by Crippen LogP contribution is -2.14. The lowest BCUT2D eigenvalue weighted by atomic mass is 10.1. The number of hydrogen-bond acceptors (Lipinski definition) is 1. The van der Waals surface area contributed by atoms with Crippen LogP contribution in [0.3, 0.4) is 0 Å². The van der Waals surface area contributed by atoms with Crippen LogP contribution in [0.2, 0.25) is 0 Å². The molecule has 0 aromatic heterocycles. The summed E-state index contributed by atoms with van der Waals surface area (Å²) in [6.45, 7) is 0. The number of amides is 1. The number of nitrogens with two attached hydrogens (primary N) is 1. The van der Waals surface area contributed by atoms with Gasteiger partial charge in [-0.05, 0) is 18.9 Å². The Bertz CT molecular complexity index is 218. The molecule has 0 saturated carbocycles. The van der Waals surface area contributed by atoms with E-state index in [0.717, 1.165) is 11.5 Å². The van der Waals surface area contributed by atoms with E-state index in [9.17, 15) is 4.79 Å². The van der Waals surface area contributed by atoms with E-state index in [0.29, 0.717) is 12.0 Å². The smallest absolute Gasteiger partial charge is 0.244 e. The maximum absolute atomic E-state index is 10.5. The topological polar surface area (TPSA) is 43.1 Å². The largest absolute Gasteiger partial charge is 0.366 e. The summed E-state index contributed by atoms with van der Waals surface area (Å²) in [6, 6.07) is 0. The second kappa shape index (κ2) is 2.88. The molecule has 1 aliphatic rings. The summed E-state index contributed by atoms with van der Waals surface area (Å²) in [5.74, 6) is -0.347. The zero-order valence-corrected chi connectivity index (χ0v) is 6.19. The minimum atomic E-state index is -0.347. The van der Waals surface area contributed by atoms with Crippen molar-refractivity contribution in [1.29, 1.82) is 0 Å². The van der Waals surface area contributed by atoms with Gasteiger partial charge in [-0.3, -0.25) is 4.79 Å². The van der Waals surface area contributed by atoms with Gasteiger partial charge in [0.1, 0.15) is 0 Å². The number of carbonyl (C=O) groups is 1. The molecule has 1 amide bonds. The van der Waals surface area contributed by atoms with Crippen LogP contribution in [0.15, 0.2) is 22.8 Å². The van der Waals surface area contributed by atoms with Crippen LogP contribution >= 0.6 is 11.6 Å². The maximum Gasteiger partial charge on any atom is 0.244 e. The summed E-state index contributed by atoms with van der Waals surface area (Å²) in [5.41, 5.74) is 5.69. The van der Waals surface area contributed by atoms with E-state index in [4.69, 9.17) is 17.3 Å². The highest BCUT2D eigenvalue weighted by molar-refractivity contribution is 6.29. The fourth-order valence-corrected chi connectivity index (χ4v) is 0.975. The number of hydrogen-bond donors (Lipinski definition) is 1. The van der Waals surface area contributed by atoms with Crippen LogP contribution < -0.4 is 5.73 Å². The Morgan fingerprint density at radius 3 is 2.60 bits per heavy atom. The first-order valence-corrected chi connectivity index (χ1v) is 3.43. The minimum Gasteiger partial charge on any atom is -0.366 e. The molecule has 10 heavy (non-hydrogen) atoms. The molecule has 54 valence electrons. The molecule has 1 rings (SSSR count). The summed E-state index contributed by atoms with van der Waals surface area (Å²) < 4.78 is 0. The average Bonchev–Trinajstić information content (AvgIpc) is 1.88. The summed E-state index contributed by atoms with van der Waals surface area (Å²) >= 11 is 5.65. The Balaban J connectivity index is 2.74. The monoisotopic (exact) mass is 157 g/mol. The minimum absolute atomic E-state index is 0.347. The number of allylic oxidation sites excluding steroid dienone is 3. The molecule has 0 bridgehead atoms. The molecule has 3 heteroatoms. The standard InChI is InChI=1S/C7H8ClNO/c8-6-3-1-5(2-4-6)7(9)10/h1,3H,2,4H2,(H2,9,10). The molecular weight excluding hydrogens is 150 g/mol. The van der Waals surface area contributed by atoms with Gasteiger partial charge in [-0.1, -0.05) is 17.7 Å². The van der Waals surface area contributed by atoms with Crippen molar-refractivity contribution >= 4 is 17.5 Å². The second-order valence-electron chi connectivity index (χ2n) is 2.17. The first-order valence-electron chi connectivity index (χ1n) is 3.05. The Kier molecular flexibility index (Phi) is 2.12. The van der Waals surface area contributed by atoms with Gasteiger partial charge in [-0.2, -0.15) is 0 Å². The molecule has 0 spiro atoms. The Hall–Kier alpha value is -0.760. The molecule has 0 aromatic carbocycles. The summed E-state index contributed by atoms with van der Waals surface area (Å²) in [5, 5.41) is 0.782. The van der Waals surface area contributed by atoms with Crippen LogP contribution in [0.4, 0.5) is 0 Å². The van der Waals surface area contributed by atoms with Gasteiger partial charge in [0.05, 0.1) is 0 Å². The Labute approximate surface area is 64.3 Å². The quantitative estimate of drug-likeness (QED) is 0.613. The molecule has 1 aliphatic carbocycles. The van der Waals surface area contributed by atoms with Crippen molar-refractivity contribution in [2.45, 2.75) is 12.8 Å². The van der Waals surface area contributed by atoms with E-state index in [-0.39, 0.29) is 5.91 Å². The van der Waals surface area contributed by atoms with Crippen molar-refractivity contribution in [3.8, 4) is 0 Å². The van der Waals surface area contributed by atoms with Crippen molar-refractivity contribution < 1.29 is 4.79 Å². The maximum atomic E-state index is 10.5. The van der Waals surface area contributed by atoms with Crippen LogP contribution in [0.5, 0.6) is 0 Å². The van der Waals surface area contributed by atoms with Crippen molar-refractivity contribution in [2.75, 3.05) is 0 Å². The molecule has 0 heterocycles. The van der Waals surface area contributed by atoms with E-state index in [2.05, 4.69) is 0 Å². The van der Waals surface area contributed by atoms with Crippen LogP contribution in [0.1, 0.15) is 12.8 Å². The molecule has 2 N–H and O–H groups in total. The fraction of sp³-hybridized carbons (Fsp3) is 0.286. The van der Waals surface area contributed by atoms with Gasteiger partial charge in [0.15, 0.2) is 0 Å². The van der Waals surface area contributed by atoms with Crippen molar-refractivity contribution in [2.24, 2.45) is 5.73 Å². The molecule has 0 radical (unpaired) electrons. The van der Waals surface area contributed by atoms with Crippen LogP contribution in [-0.2, 0) is 4.79 Å². The van der Waals surface area contributed by atoms with Crippen molar-refractivity contribution in [3.05, 3.63) is 22.8 Å². The first-order chi connectivity index (χ1) is 4.70. The molecule has 2 nitrogen and oxygen atoms in total. The van der Waals surface area contributed by atoms with Gasteiger partial charge in [-0.15, -0.1) is 0 Å². The first kappa shape index (κ1) is 7.35. The van der Waals surface area contributed by atoms with E-state index in [1.54, 1.807) is 12.2 Å². The van der Waals surface area contributed by atoms with Gasteiger partial charge in [0.2, 0.25) is 5.91 Å². The number of primary amides is 1. The lowest BCUT2D eigenvalue weighted by molar-refractivity contribution is -0.114. The molecule has 0 unspecified atom stereocenters. The SMILES string of the molecule is NC(=O)C1=CC=C(Cl)CC1. The number of halogens is 1. The summed E-state index contributed by atoms with van der Waals surface area (Å²) in [4.78, 5) is 10.5. The van der Waals surface area contributed by atoms with Crippen molar-refractivity contribution in [3.63, 3.8) is 0 Å². The molecule has 0 atom stereocenters. The molecule has 0 aromatic rings. The predicted molar refractivity (Wildman–Crippen MR) is 40.4 cm³/mol. The van der Waals surface area contributed by atoms with Gasteiger partial charge in [-0.25, -0.2) is 0 Å². The lowest BCUT2D eigenvalue weighted by Gasteiger charge is -2.05. The third kappa shape index (κ3) is 1.61. The van der Waals surface area contributed by atoms with Crippen LogP contribution in [-0.4, -0.2) is 5.91 Å². The van der Waals surface area contributed by atoms with Gasteiger partial charge >= 0.3 is 0 Å². The Morgan fingerprint density at radius 1 is 1.50 bits per heavy atom. The Morgan fingerprint density at radius 2 is 2.20 bits per heavy atom. The van der Waals surface area contributed by atoms with Crippen LogP contribution in [0, 0.1) is 0 Å². The highest BCUT2D eigenvalue weighted by Gasteiger charge is 2.08. The summed E-state index contributed by atoms with van der Waals surface area (Å²) in [7, 11) is 0. The molecule has 0 fully saturated rings. The normalized spacial score (nSPS) is 17.7. The summed E-state index contributed by atoms with van der Waals surface area (Å²) in [6.07, 6.45) is 4.79. The predicted octanol–water partition coefficient (Wildman–Crippen LogP) is 1.31. The second-order valence-corrected chi connectivity index (χ2v) is 2.66. The van der Waals surface area contributed by atoms with E-state index < -0.39 is 0 Å². The van der Waals surface area contributed by atoms with E-state index in [1.807, 2.05) is 0 Å². The van der Waals surface area contributed by atoms with E-state index >= 15 is 0 Å². The van der Waals surface area contributed by atoms with Crippen LogP contribution in [0.25, 0.3) is 0 Å². The van der Waals surface area contributed by atoms with E-state index in [1.165, 1.54) is 0 Å². The zero-order valence-electron chi connectivity index (χ0n) is 5.43. The third-order valence-corrected chi connectivity index (χ3v) is 1.73. The van der Waals surface area contributed by atoms with Gasteiger partial charge in [0.25, 0.3) is 0 Å². The molecular formula is C7H8ClNO.